The predicted octanol–water partition coefficient (Wildman–Crippen LogP) is 2.45. The van der Waals surface area contributed by atoms with Crippen molar-refractivity contribution in [1.29, 1.82) is 0 Å². The molecule has 1 amide bonds. The van der Waals surface area contributed by atoms with Gasteiger partial charge in [0.25, 0.3) is 0 Å². The first-order valence-electron chi connectivity index (χ1n) is 7.70. The zero-order chi connectivity index (χ0) is 17.6. The highest BCUT2D eigenvalue weighted by atomic mass is 32.2. The molecule has 7 heteroatoms. The second kappa shape index (κ2) is 8.01. The van der Waals surface area contributed by atoms with E-state index in [2.05, 4.69) is 5.32 Å². The second-order valence-corrected chi connectivity index (χ2v) is 7.49. The molecule has 1 heterocycles. The zero-order valence-corrected chi connectivity index (χ0v) is 14.7. The van der Waals surface area contributed by atoms with Crippen molar-refractivity contribution >= 4 is 21.6 Å². The molecule has 1 aromatic carbocycles. The first-order valence-corrected chi connectivity index (χ1v) is 9.55. The summed E-state index contributed by atoms with van der Waals surface area (Å²) in [5.41, 5.74) is 1.53. The lowest BCUT2D eigenvalue weighted by atomic mass is 10.2. The van der Waals surface area contributed by atoms with Crippen LogP contribution in [0.25, 0.3) is 0 Å². The van der Waals surface area contributed by atoms with E-state index in [1.165, 1.54) is 10.6 Å². The van der Waals surface area contributed by atoms with E-state index in [1.54, 1.807) is 30.5 Å². The lowest BCUT2D eigenvalue weighted by Gasteiger charge is -2.24. The van der Waals surface area contributed by atoms with Crippen LogP contribution in [0.15, 0.2) is 47.1 Å². The predicted molar refractivity (Wildman–Crippen MR) is 93.2 cm³/mol. The maximum absolute atomic E-state index is 12.1. The SMILES string of the molecule is Cc1ccccc1N(CCCC(=O)NCc1ccco1)S(C)(=O)=O. The van der Waals surface area contributed by atoms with Crippen LogP contribution in [0.4, 0.5) is 5.69 Å². The summed E-state index contributed by atoms with van der Waals surface area (Å²) in [6.07, 6.45) is 3.41. The van der Waals surface area contributed by atoms with E-state index in [0.717, 1.165) is 5.56 Å². The highest BCUT2D eigenvalue weighted by molar-refractivity contribution is 7.92. The van der Waals surface area contributed by atoms with Crippen LogP contribution in [0.1, 0.15) is 24.2 Å². The number of para-hydroxylation sites is 1. The third kappa shape index (κ3) is 5.13. The normalized spacial score (nSPS) is 11.2. The van der Waals surface area contributed by atoms with Gasteiger partial charge >= 0.3 is 0 Å². The van der Waals surface area contributed by atoms with Gasteiger partial charge in [0.1, 0.15) is 5.76 Å². The van der Waals surface area contributed by atoms with E-state index >= 15 is 0 Å². The van der Waals surface area contributed by atoms with E-state index in [1.807, 2.05) is 19.1 Å². The van der Waals surface area contributed by atoms with Crippen LogP contribution in [0.5, 0.6) is 0 Å². The molecule has 24 heavy (non-hydrogen) atoms. The van der Waals surface area contributed by atoms with Crippen LogP contribution in [0, 0.1) is 6.92 Å². The summed E-state index contributed by atoms with van der Waals surface area (Å²) < 4.78 is 30.6. The van der Waals surface area contributed by atoms with Gasteiger partial charge < -0.3 is 9.73 Å². The van der Waals surface area contributed by atoms with E-state index in [4.69, 9.17) is 4.42 Å². The minimum atomic E-state index is -3.40. The average molecular weight is 350 g/mol. The second-order valence-electron chi connectivity index (χ2n) is 5.58. The Kier molecular flexibility index (Phi) is 6.03. The number of amides is 1. The number of aryl methyl sites for hydroxylation is 1. The molecule has 0 aliphatic heterocycles. The maximum atomic E-state index is 12.1. The number of hydrogen-bond acceptors (Lipinski definition) is 4. The zero-order valence-electron chi connectivity index (χ0n) is 13.9. The fourth-order valence-electron chi connectivity index (χ4n) is 2.38. The molecule has 0 bridgehead atoms. The monoisotopic (exact) mass is 350 g/mol. The third-order valence-electron chi connectivity index (χ3n) is 3.59. The molecule has 0 atom stereocenters. The van der Waals surface area contributed by atoms with E-state index in [9.17, 15) is 13.2 Å². The van der Waals surface area contributed by atoms with Gasteiger partial charge in [-0.1, -0.05) is 18.2 Å². The molecule has 0 unspecified atom stereocenters. The van der Waals surface area contributed by atoms with Gasteiger partial charge in [-0.3, -0.25) is 9.10 Å². The van der Waals surface area contributed by atoms with Crippen LogP contribution in [0.3, 0.4) is 0 Å². The Morgan fingerprint density at radius 1 is 1.21 bits per heavy atom. The maximum Gasteiger partial charge on any atom is 0.232 e. The molecule has 1 N–H and O–H groups in total. The van der Waals surface area contributed by atoms with Gasteiger partial charge in [-0.2, -0.15) is 0 Å². The number of nitrogens with one attached hydrogen (secondary N) is 1. The van der Waals surface area contributed by atoms with Gasteiger partial charge in [-0.05, 0) is 37.1 Å². The minimum absolute atomic E-state index is 0.135. The van der Waals surface area contributed by atoms with E-state index < -0.39 is 10.0 Å². The van der Waals surface area contributed by atoms with Crippen LogP contribution in [0.2, 0.25) is 0 Å². The number of rotatable bonds is 8. The molecular formula is C17H22N2O4S. The molecule has 0 saturated carbocycles. The van der Waals surface area contributed by atoms with E-state index in [0.29, 0.717) is 24.4 Å². The molecule has 2 aromatic rings. The average Bonchev–Trinajstić information content (AvgIpc) is 3.03. The van der Waals surface area contributed by atoms with Gasteiger partial charge in [-0.15, -0.1) is 0 Å². The van der Waals surface area contributed by atoms with Gasteiger partial charge in [-0.25, -0.2) is 8.42 Å². The molecule has 6 nitrogen and oxygen atoms in total. The van der Waals surface area contributed by atoms with Crippen LogP contribution in [-0.2, 0) is 21.4 Å². The number of carbonyl (C=O) groups is 1. The number of anilines is 1. The van der Waals surface area contributed by atoms with Gasteiger partial charge in [0.2, 0.25) is 15.9 Å². The lowest BCUT2D eigenvalue weighted by molar-refractivity contribution is -0.121. The van der Waals surface area contributed by atoms with Crippen LogP contribution in [-0.4, -0.2) is 27.1 Å². The van der Waals surface area contributed by atoms with Crippen LogP contribution < -0.4 is 9.62 Å². The summed E-state index contributed by atoms with van der Waals surface area (Å²) in [5, 5.41) is 2.75. The molecule has 0 aliphatic rings. The summed E-state index contributed by atoms with van der Waals surface area (Å²) >= 11 is 0. The quantitative estimate of drug-likeness (QED) is 0.793. The lowest BCUT2D eigenvalue weighted by Crippen LogP contribution is -2.32. The molecule has 0 spiro atoms. The van der Waals surface area contributed by atoms with Crippen molar-refractivity contribution in [1.82, 2.24) is 5.32 Å². The summed E-state index contributed by atoms with van der Waals surface area (Å²) in [6, 6.07) is 10.8. The number of hydrogen-bond donors (Lipinski definition) is 1. The van der Waals surface area contributed by atoms with Crippen molar-refractivity contribution in [3.05, 3.63) is 54.0 Å². The van der Waals surface area contributed by atoms with Crippen molar-refractivity contribution in [2.75, 3.05) is 17.1 Å². The van der Waals surface area contributed by atoms with Gasteiger partial charge in [0, 0.05) is 13.0 Å². The Balaban J connectivity index is 1.89. The highest BCUT2D eigenvalue weighted by Gasteiger charge is 2.18. The molecule has 0 aliphatic carbocycles. The summed E-state index contributed by atoms with van der Waals surface area (Å²) in [7, 11) is -3.40. The van der Waals surface area contributed by atoms with Crippen molar-refractivity contribution < 1.29 is 17.6 Å². The number of furan rings is 1. The van der Waals surface area contributed by atoms with Crippen LogP contribution >= 0.6 is 0 Å². The molecule has 130 valence electrons. The molecule has 0 radical (unpaired) electrons. The minimum Gasteiger partial charge on any atom is -0.467 e. The molecule has 0 saturated heterocycles. The molecule has 2 rings (SSSR count). The summed E-state index contributed by atoms with van der Waals surface area (Å²) in [6.45, 7) is 2.46. The smallest absolute Gasteiger partial charge is 0.232 e. The van der Waals surface area contributed by atoms with Crippen molar-refractivity contribution in [3.63, 3.8) is 0 Å². The topological polar surface area (TPSA) is 79.6 Å². The Morgan fingerprint density at radius 3 is 2.58 bits per heavy atom. The third-order valence-corrected chi connectivity index (χ3v) is 4.77. The first kappa shape index (κ1) is 18.1. The Labute approximate surface area is 142 Å². The standard InChI is InChI=1S/C17H22N2O4S/c1-14-7-3-4-9-16(14)19(24(2,21)22)11-5-10-17(20)18-13-15-8-6-12-23-15/h3-4,6-9,12H,5,10-11,13H2,1-2H3,(H,18,20). The highest BCUT2D eigenvalue weighted by Crippen LogP contribution is 2.22. The molecular weight excluding hydrogens is 328 g/mol. The largest absolute Gasteiger partial charge is 0.467 e. The number of benzene rings is 1. The molecule has 1 aromatic heterocycles. The Morgan fingerprint density at radius 2 is 1.96 bits per heavy atom. The first-order chi connectivity index (χ1) is 11.4. The van der Waals surface area contributed by atoms with E-state index in [-0.39, 0.29) is 18.9 Å². The summed E-state index contributed by atoms with van der Waals surface area (Å²) in [5.74, 6) is 0.547. The van der Waals surface area contributed by atoms with Crippen molar-refractivity contribution in [2.24, 2.45) is 0 Å². The fraction of sp³-hybridized carbons (Fsp3) is 0.353. The number of carbonyl (C=O) groups excluding carboxylic acids is 1. The van der Waals surface area contributed by atoms with Crippen molar-refractivity contribution in [2.45, 2.75) is 26.3 Å². The Hall–Kier alpha value is -2.28. The number of nitrogens with zero attached hydrogens (tertiary/aromatic N) is 1. The van der Waals surface area contributed by atoms with Crippen molar-refractivity contribution in [3.8, 4) is 0 Å². The summed E-state index contributed by atoms with van der Waals surface area (Å²) in [4.78, 5) is 11.9. The van der Waals surface area contributed by atoms with Gasteiger partial charge in [0.15, 0.2) is 0 Å². The molecule has 0 fully saturated rings. The number of sulfonamides is 1. The van der Waals surface area contributed by atoms with Gasteiger partial charge in [0.05, 0.1) is 24.8 Å². The Bertz CT molecular complexity index is 770. The fourth-order valence-corrected chi connectivity index (χ4v) is 3.40.